The van der Waals surface area contributed by atoms with Crippen molar-refractivity contribution in [3.8, 4) is 0 Å². The average molecular weight is 346 g/mol. The van der Waals surface area contributed by atoms with Crippen LogP contribution < -0.4 is 10.6 Å². The molecule has 1 atom stereocenters. The van der Waals surface area contributed by atoms with Gasteiger partial charge in [-0.1, -0.05) is 36.4 Å². The molecule has 128 valence electrons. The molecule has 0 aliphatic heterocycles. The van der Waals surface area contributed by atoms with E-state index in [1.165, 1.54) is 11.3 Å². The molecule has 0 saturated heterocycles. The van der Waals surface area contributed by atoms with Gasteiger partial charge in [0, 0.05) is 13.1 Å². The highest BCUT2D eigenvalue weighted by molar-refractivity contribution is 7.12. The van der Waals surface area contributed by atoms with Crippen LogP contribution in [0.3, 0.4) is 0 Å². The highest BCUT2D eigenvalue weighted by Gasteiger charge is 2.12. The minimum atomic E-state index is -0.508. The van der Waals surface area contributed by atoms with Crippen molar-refractivity contribution in [1.82, 2.24) is 10.6 Å². The third-order valence-corrected chi connectivity index (χ3v) is 4.26. The van der Waals surface area contributed by atoms with Gasteiger partial charge in [0.25, 0.3) is 5.91 Å². The lowest BCUT2D eigenvalue weighted by atomic mass is 10.2. The van der Waals surface area contributed by atoms with E-state index in [1.54, 1.807) is 13.0 Å². The fourth-order valence-corrected chi connectivity index (χ4v) is 2.65. The molecule has 1 heterocycles. The van der Waals surface area contributed by atoms with E-state index >= 15 is 0 Å². The second-order valence-electron chi connectivity index (χ2n) is 5.32. The second-order valence-corrected chi connectivity index (χ2v) is 6.26. The molecule has 0 bridgehead atoms. The number of rotatable bonds is 9. The maximum Gasteiger partial charge on any atom is 0.261 e. The van der Waals surface area contributed by atoms with E-state index in [0.29, 0.717) is 31.0 Å². The van der Waals surface area contributed by atoms with Crippen LogP contribution in [0.25, 0.3) is 0 Å². The van der Waals surface area contributed by atoms with Crippen molar-refractivity contribution >= 4 is 23.2 Å². The Morgan fingerprint density at radius 3 is 2.54 bits per heavy atom. The summed E-state index contributed by atoms with van der Waals surface area (Å²) in [4.78, 5) is 24.3. The lowest BCUT2D eigenvalue weighted by molar-refractivity contribution is -0.132. The van der Waals surface area contributed by atoms with Gasteiger partial charge in [-0.15, -0.1) is 11.3 Å². The first-order valence-corrected chi connectivity index (χ1v) is 8.79. The summed E-state index contributed by atoms with van der Waals surface area (Å²) in [7, 11) is 0. The predicted molar refractivity (Wildman–Crippen MR) is 95.0 cm³/mol. The summed E-state index contributed by atoms with van der Waals surface area (Å²) in [5.41, 5.74) is 1.04. The molecule has 2 aromatic rings. The number of thiophene rings is 1. The van der Waals surface area contributed by atoms with Gasteiger partial charge in [0.05, 0.1) is 11.5 Å². The van der Waals surface area contributed by atoms with Crippen LogP contribution in [0.15, 0.2) is 47.8 Å². The Balaban J connectivity index is 1.56. The van der Waals surface area contributed by atoms with E-state index in [2.05, 4.69) is 10.6 Å². The van der Waals surface area contributed by atoms with Gasteiger partial charge < -0.3 is 15.4 Å². The lowest BCUT2D eigenvalue weighted by Crippen LogP contribution is -2.36. The molecule has 1 aromatic heterocycles. The highest BCUT2D eigenvalue weighted by atomic mass is 32.1. The summed E-state index contributed by atoms with van der Waals surface area (Å²) in [6.07, 6.45) is 0.166. The van der Waals surface area contributed by atoms with E-state index in [4.69, 9.17) is 4.74 Å². The van der Waals surface area contributed by atoms with E-state index in [0.717, 1.165) is 5.56 Å². The third-order valence-electron chi connectivity index (χ3n) is 3.40. The number of hydrogen-bond acceptors (Lipinski definition) is 4. The number of carbonyl (C=O) groups is 2. The molecular formula is C18H22N2O3S. The summed E-state index contributed by atoms with van der Waals surface area (Å²) in [6.45, 7) is 3.17. The van der Waals surface area contributed by atoms with Crippen molar-refractivity contribution < 1.29 is 14.3 Å². The molecule has 2 N–H and O–H groups in total. The number of nitrogens with one attached hydrogen (secondary N) is 2. The standard InChI is InChI=1S/C18H22N2O3S/c1-14(23-13-15-7-3-2-4-8-15)17(21)19-10-6-11-20-18(22)16-9-5-12-24-16/h2-5,7-9,12,14H,6,10-11,13H2,1H3,(H,19,21)(H,20,22). The van der Waals surface area contributed by atoms with Crippen molar-refractivity contribution in [3.05, 3.63) is 58.3 Å². The molecular weight excluding hydrogens is 324 g/mol. The Labute approximate surface area is 146 Å². The van der Waals surface area contributed by atoms with Crippen LogP contribution in [0.4, 0.5) is 0 Å². The van der Waals surface area contributed by atoms with Crippen LogP contribution in [0, 0.1) is 0 Å². The van der Waals surface area contributed by atoms with Gasteiger partial charge in [0.15, 0.2) is 0 Å². The zero-order valence-corrected chi connectivity index (χ0v) is 14.5. The molecule has 2 amide bonds. The van der Waals surface area contributed by atoms with Gasteiger partial charge in [-0.3, -0.25) is 9.59 Å². The predicted octanol–water partition coefficient (Wildman–Crippen LogP) is 2.59. The van der Waals surface area contributed by atoms with Crippen molar-refractivity contribution in [2.45, 2.75) is 26.1 Å². The largest absolute Gasteiger partial charge is 0.364 e. The zero-order chi connectivity index (χ0) is 17.2. The third kappa shape index (κ3) is 6.14. The van der Waals surface area contributed by atoms with E-state index < -0.39 is 6.10 Å². The molecule has 2 rings (SSSR count). The lowest BCUT2D eigenvalue weighted by Gasteiger charge is -2.13. The van der Waals surface area contributed by atoms with Crippen LogP contribution in [0.1, 0.15) is 28.6 Å². The highest BCUT2D eigenvalue weighted by Crippen LogP contribution is 2.07. The number of ether oxygens (including phenoxy) is 1. The number of carbonyl (C=O) groups excluding carboxylic acids is 2. The zero-order valence-electron chi connectivity index (χ0n) is 13.7. The second kappa shape index (κ2) is 9.85. The van der Waals surface area contributed by atoms with Gasteiger partial charge in [0.2, 0.25) is 5.91 Å². The smallest absolute Gasteiger partial charge is 0.261 e. The minimum Gasteiger partial charge on any atom is -0.364 e. The fourth-order valence-electron chi connectivity index (χ4n) is 2.01. The van der Waals surface area contributed by atoms with Crippen LogP contribution in [-0.4, -0.2) is 31.0 Å². The van der Waals surface area contributed by atoms with Crippen LogP contribution >= 0.6 is 11.3 Å². The first-order chi connectivity index (χ1) is 11.7. The molecule has 5 nitrogen and oxygen atoms in total. The number of amides is 2. The van der Waals surface area contributed by atoms with Gasteiger partial charge in [-0.05, 0) is 30.4 Å². The van der Waals surface area contributed by atoms with E-state index in [1.807, 2.05) is 41.8 Å². The van der Waals surface area contributed by atoms with E-state index in [9.17, 15) is 9.59 Å². The van der Waals surface area contributed by atoms with Crippen LogP contribution in [-0.2, 0) is 16.1 Å². The Bertz CT molecular complexity index is 629. The molecule has 1 unspecified atom stereocenters. The van der Waals surface area contributed by atoms with Crippen molar-refractivity contribution in [2.24, 2.45) is 0 Å². The van der Waals surface area contributed by atoms with Gasteiger partial charge in [-0.25, -0.2) is 0 Å². The maximum absolute atomic E-state index is 11.9. The Morgan fingerprint density at radius 2 is 1.83 bits per heavy atom. The Morgan fingerprint density at radius 1 is 1.08 bits per heavy atom. The monoisotopic (exact) mass is 346 g/mol. The molecule has 0 radical (unpaired) electrons. The van der Waals surface area contributed by atoms with Crippen molar-refractivity contribution in [2.75, 3.05) is 13.1 Å². The number of benzene rings is 1. The van der Waals surface area contributed by atoms with Crippen molar-refractivity contribution in [3.63, 3.8) is 0 Å². The summed E-state index contributed by atoms with van der Waals surface area (Å²) in [6, 6.07) is 13.4. The molecule has 24 heavy (non-hydrogen) atoms. The molecule has 0 spiro atoms. The molecule has 0 saturated carbocycles. The van der Waals surface area contributed by atoms with Gasteiger partial charge >= 0.3 is 0 Å². The fraction of sp³-hybridized carbons (Fsp3) is 0.333. The van der Waals surface area contributed by atoms with Gasteiger partial charge in [-0.2, -0.15) is 0 Å². The molecule has 6 heteroatoms. The minimum absolute atomic E-state index is 0.0733. The molecule has 0 fully saturated rings. The summed E-state index contributed by atoms with van der Waals surface area (Å²) >= 11 is 1.41. The van der Waals surface area contributed by atoms with Crippen LogP contribution in [0.5, 0.6) is 0 Å². The average Bonchev–Trinajstić information content (AvgIpc) is 3.14. The van der Waals surface area contributed by atoms with Gasteiger partial charge in [0.1, 0.15) is 6.10 Å². The first kappa shape index (κ1) is 18.2. The summed E-state index contributed by atoms with van der Waals surface area (Å²) in [5.74, 6) is -0.216. The molecule has 1 aromatic carbocycles. The summed E-state index contributed by atoms with van der Waals surface area (Å²) in [5, 5.41) is 7.51. The van der Waals surface area contributed by atoms with Crippen LogP contribution in [0.2, 0.25) is 0 Å². The SMILES string of the molecule is CC(OCc1ccccc1)C(=O)NCCCNC(=O)c1cccs1. The maximum atomic E-state index is 11.9. The van der Waals surface area contributed by atoms with Crippen molar-refractivity contribution in [1.29, 1.82) is 0 Å². The topological polar surface area (TPSA) is 67.4 Å². The van der Waals surface area contributed by atoms with E-state index in [-0.39, 0.29) is 11.8 Å². The number of hydrogen-bond donors (Lipinski definition) is 2. The Hall–Kier alpha value is -2.18. The molecule has 0 aliphatic rings. The normalized spacial score (nSPS) is 11.7. The molecule has 0 aliphatic carbocycles. The first-order valence-electron chi connectivity index (χ1n) is 7.92. The quantitative estimate of drug-likeness (QED) is 0.686. The summed E-state index contributed by atoms with van der Waals surface area (Å²) < 4.78 is 5.55. The Kier molecular flexibility index (Phi) is 7.45.